The molecular formula is C19H17ClN2O2. The topological polar surface area (TPSA) is 51.2 Å². The fourth-order valence-corrected chi connectivity index (χ4v) is 2.71. The van der Waals surface area contributed by atoms with E-state index in [2.05, 4.69) is 10.3 Å². The zero-order chi connectivity index (χ0) is 16.9. The number of nitrogens with zero attached hydrogens (tertiary/aromatic N) is 1. The minimum atomic E-state index is -0.325. The van der Waals surface area contributed by atoms with Crippen LogP contribution in [0.5, 0.6) is 5.88 Å². The number of carbonyl (C=O) groups is 1. The quantitative estimate of drug-likeness (QED) is 0.756. The Hall–Kier alpha value is -2.59. The Balaban J connectivity index is 1.79. The summed E-state index contributed by atoms with van der Waals surface area (Å²) in [6, 6.07) is 17.3. The summed E-state index contributed by atoms with van der Waals surface area (Å²) in [6.45, 7) is 2.74. The van der Waals surface area contributed by atoms with E-state index < -0.39 is 0 Å². The van der Waals surface area contributed by atoms with Gasteiger partial charge in [-0.15, -0.1) is 0 Å². The van der Waals surface area contributed by atoms with E-state index in [-0.39, 0.29) is 11.6 Å². The number of amides is 1. The van der Waals surface area contributed by atoms with E-state index in [1.165, 1.54) is 0 Å². The molecule has 24 heavy (non-hydrogen) atoms. The molecule has 1 N–H and O–H groups in total. The van der Waals surface area contributed by atoms with Crippen LogP contribution in [-0.4, -0.2) is 17.5 Å². The van der Waals surface area contributed by atoms with Gasteiger partial charge in [-0.05, 0) is 29.3 Å². The SMILES string of the molecule is CCOc1ccc(Cl)c(C(=O)NCc2cccc3ccccc23)n1. The highest BCUT2D eigenvalue weighted by Gasteiger charge is 2.14. The number of benzene rings is 2. The number of pyridine rings is 1. The lowest BCUT2D eigenvalue weighted by molar-refractivity contribution is 0.0945. The van der Waals surface area contributed by atoms with Crippen LogP contribution in [0.3, 0.4) is 0 Å². The van der Waals surface area contributed by atoms with E-state index in [0.29, 0.717) is 24.1 Å². The van der Waals surface area contributed by atoms with Crippen molar-refractivity contribution in [1.82, 2.24) is 10.3 Å². The molecule has 0 aliphatic rings. The van der Waals surface area contributed by atoms with Gasteiger partial charge in [0.15, 0.2) is 5.69 Å². The Morgan fingerprint density at radius 2 is 1.92 bits per heavy atom. The van der Waals surface area contributed by atoms with Gasteiger partial charge in [0.25, 0.3) is 5.91 Å². The second kappa shape index (κ2) is 7.32. The van der Waals surface area contributed by atoms with Crippen molar-refractivity contribution >= 4 is 28.3 Å². The first-order valence-corrected chi connectivity index (χ1v) is 8.11. The maximum absolute atomic E-state index is 12.4. The zero-order valence-corrected chi connectivity index (χ0v) is 14.0. The third-order valence-corrected chi connectivity index (χ3v) is 3.95. The van der Waals surface area contributed by atoms with E-state index in [1.807, 2.05) is 49.4 Å². The summed E-state index contributed by atoms with van der Waals surface area (Å²) >= 11 is 6.09. The van der Waals surface area contributed by atoms with Crippen molar-refractivity contribution in [1.29, 1.82) is 0 Å². The molecule has 2 aromatic carbocycles. The lowest BCUT2D eigenvalue weighted by atomic mass is 10.0. The van der Waals surface area contributed by atoms with Crippen LogP contribution in [0.2, 0.25) is 5.02 Å². The molecule has 0 unspecified atom stereocenters. The molecule has 3 aromatic rings. The molecular weight excluding hydrogens is 324 g/mol. The Morgan fingerprint density at radius 1 is 1.12 bits per heavy atom. The van der Waals surface area contributed by atoms with Crippen molar-refractivity contribution in [2.75, 3.05) is 6.61 Å². The number of nitrogens with one attached hydrogen (secondary N) is 1. The summed E-state index contributed by atoms with van der Waals surface area (Å²) in [6.07, 6.45) is 0. The molecule has 0 spiro atoms. The van der Waals surface area contributed by atoms with E-state index in [9.17, 15) is 4.79 Å². The van der Waals surface area contributed by atoms with Gasteiger partial charge >= 0.3 is 0 Å². The van der Waals surface area contributed by atoms with Crippen molar-refractivity contribution in [3.05, 3.63) is 70.9 Å². The van der Waals surface area contributed by atoms with Crippen LogP contribution in [0.25, 0.3) is 10.8 Å². The predicted molar refractivity (Wildman–Crippen MR) is 95.5 cm³/mol. The Morgan fingerprint density at radius 3 is 2.75 bits per heavy atom. The molecule has 1 amide bonds. The van der Waals surface area contributed by atoms with Gasteiger partial charge < -0.3 is 10.1 Å². The Bertz CT molecular complexity index is 875. The standard InChI is InChI=1S/C19H17ClN2O2/c1-2-24-17-11-10-16(20)18(22-17)19(23)21-12-14-8-5-7-13-6-3-4-9-15(13)14/h3-11H,2,12H2,1H3,(H,21,23). The summed E-state index contributed by atoms with van der Waals surface area (Å²) in [7, 11) is 0. The molecule has 3 rings (SSSR count). The van der Waals surface area contributed by atoms with Crippen LogP contribution in [0.1, 0.15) is 23.0 Å². The van der Waals surface area contributed by atoms with Crippen molar-refractivity contribution < 1.29 is 9.53 Å². The number of rotatable bonds is 5. The highest BCUT2D eigenvalue weighted by molar-refractivity contribution is 6.33. The minimum Gasteiger partial charge on any atom is -0.478 e. The summed E-state index contributed by atoms with van der Waals surface area (Å²) in [5, 5.41) is 5.43. The second-order valence-electron chi connectivity index (χ2n) is 5.23. The van der Waals surface area contributed by atoms with E-state index >= 15 is 0 Å². The Kier molecular flexibility index (Phi) is 4.96. The first-order chi connectivity index (χ1) is 11.7. The number of fused-ring (bicyclic) bond motifs is 1. The number of ether oxygens (including phenoxy) is 1. The summed E-state index contributed by atoms with van der Waals surface area (Å²) in [5.74, 6) is 0.0618. The first kappa shape index (κ1) is 16.3. The van der Waals surface area contributed by atoms with Gasteiger partial charge in [0.05, 0.1) is 11.6 Å². The largest absolute Gasteiger partial charge is 0.478 e. The molecule has 0 fully saturated rings. The highest BCUT2D eigenvalue weighted by atomic mass is 35.5. The third-order valence-electron chi connectivity index (χ3n) is 3.65. The number of hydrogen-bond donors (Lipinski definition) is 1. The number of halogens is 1. The molecule has 1 aromatic heterocycles. The number of aromatic nitrogens is 1. The molecule has 0 aliphatic carbocycles. The normalized spacial score (nSPS) is 10.6. The van der Waals surface area contributed by atoms with Crippen LogP contribution >= 0.6 is 11.6 Å². The average Bonchev–Trinajstić information content (AvgIpc) is 2.61. The zero-order valence-electron chi connectivity index (χ0n) is 13.3. The van der Waals surface area contributed by atoms with Gasteiger partial charge in [-0.25, -0.2) is 4.98 Å². The van der Waals surface area contributed by atoms with E-state index in [0.717, 1.165) is 16.3 Å². The van der Waals surface area contributed by atoms with Gasteiger partial charge in [0.1, 0.15) is 0 Å². The first-order valence-electron chi connectivity index (χ1n) is 7.73. The minimum absolute atomic E-state index is 0.169. The molecule has 5 heteroatoms. The van der Waals surface area contributed by atoms with Crippen LogP contribution in [-0.2, 0) is 6.54 Å². The van der Waals surface area contributed by atoms with E-state index in [4.69, 9.17) is 16.3 Å². The van der Waals surface area contributed by atoms with Gasteiger partial charge in [-0.2, -0.15) is 0 Å². The van der Waals surface area contributed by atoms with Crippen LogP contribution in [0.15, 0.2) is 54.6 Å². The number of carbonyl (C=O) groups excluding carboxylic acids is 1. The van der Waals surface area contributed by atoms with Gasteiger partial charge in [-0.3, -0.25) is 4.79 Å². The molecule has 0 bridgehead atoms. The van der Waals surface area contributed by atoms with Crippen LogP contribution < -0.4 is 10.1 Å². The second-order valence-corrected chi connectivity index (χ2v) is 5.64. The fraction of sp³-hybridized carbons (Fsp3) is 0.158. The fourth-order valence-electron chi connectivity index (χ4n) is 2.52. The molecule has 0 aliphatic heterocycles. The molecule has 1 heterocycles. The van der Waals surface area contributed by atoms with Crippen molar-refractivity contribution in [2.24, 2.45) is 0 Å². The van der Waals surface area contributed by atoms with Crippen molar-refractivity contribution in [2.45, 2.75) is 13.5 Å². The lowest BCUT2D eigenvalue weighted by Gasteiger charge is -2.10. The molecule has 0 saturated heterocycles. The number of hydrogen-bond acceptors (Lipinski definition) is 3. The van der Waals surface area contributed by atoms with Crippen LogP contribution in [0.4, 0.5) is 0 Å². The smallest absolute Gasteiger partial charge is 0.271 e. The predicted octanol–water partition coefficient (Wildman–Crippen LogP) is 4.22. The molecule has 4 nitrogen and oxygen atoms in total. The Labute approximate surface area is 145 Å². The van der Waals surface area contributed by atoms with Gasteiger partial charge in [0.2, 0.25) is 5.88 Å². The molecule has 0 radical (unpaired) electrons. The summed E-state index contributed by atoms with van der Waals surface area (Å²) < 4.78 is 5.32. The van der Waals surface area contributed by atoms with Crippen molar-refractivity contribution in [3.63, 3.8) is 0 Å². The average molecular weight is 341 g/mol. The summed E-state index contributed by atoms with van der Waals surface area (Å²) in [5.41, 5.74) is 1.21. The maximum atomic E-state index is 12.4. The van der Waals surface area contributed by atoms with Gasteiger partial charge in [0, 0.05) is 12.6 Å². The highest BCUT2D eigenvalue weighted by Crippen LogP contribution is 2.20. The monoisotopic (exact) mass is 340 g/mol. The van der Waals surface area contributed by atoms with Crippen LogP contribution in [0, 0.1) is 0 Å². The molecule has 0 saturated carbocycles. The molecule has 122 valence electrons. The molecule has 0 atom stereocenters. The third kappa shape index (κ3) is 3.49. The van der Waals surface area contributed by atoms with Gasteiger partial charge in [-0.1, -0.05) is 54.1 Å². The van der Waals surface area contributed by atoms with Crippen molar-refractivity contribution in [3.8, 4) is 5.88 Å². The summed E-state index contributed by atoms with van der Waals surface area (Å²) in [4.78, 5) is 16.6. The maximum Gasteiger partial charge on any atom is 0.271 e. The van der Waals surface area contributed by atoms with E-state index in [1.54, 1.807) is 12.1 Å². The lowest BCUT2D eigenvalue weighted by Crippen LogP contribution is -2.24.